The Balaban J connectivity index is 2.06. The molecule has 0 saturated carbocycles. The van der Waals surface area contributed by atoms with Gasteiger partial charge in [-0.05, 0) is 12.5 Å². The van der Waals surface area contributed by atoms with E-state index in [0.29, 0.717) is 6.42 Å². The van der Waals surface area contributed by atoms with Crippen molar-refractivity contribution in [3.8, 4) is 6.07 Å². The zero-order chi connectivity index (χ0) is 16.3. The maximum absolute atomic E-state index is 12.4. The number of nitriles is 1. The number of nitrogens with one attached hydrogen (secondary N) is 1. The van der Waals surface area contributed by atoms with Crippen molar-refractivity contribution in [3.63, 3.8) is 0 Å². The summed E-state index contributed by atoms with van der Waals surface area (Å²) in [5.41, 5.74) is -0.323. The molecule has 0 spiro atoms. The summed E-state index contributed by atoms with van der Waals surface area (Å²) in [6.45, 7) is -0.735. The van der Waals surface area contributed by atoms with E-state index >= 15 is 0 Å². The largest absolute Gasteiger partial charge is 0.324 e. The van der Waals surface area contributed by atoms with E-state index in [0.717, 1.165) is 10.6 Å². The SMILES string of the molecule is N#CC1SC(C(=O)Nc2ccc(=O)n(CC(F)F)c2)CC1Cl. The van der Waals surface area contributed by atoms with E-state index in [1.165, 1.54) is 24.0 Å². The maximum atomic E-state index is 12.4. The van der Waals surface area contributed by atoms with E-state index in [2.05, 4.69) is 5.32 Å². The number of anilines is 1. The molecule has 3 atom stereocenters. The van der Waals surface area contributed by atoms with Gasteiger partial charge in [0.05, 0.1) is 28.9 Å². The van der Waals surface area contributed by atoms with Crippen LogP contribution in [-0.4, -0.2) is 32.8 Å². The number of amides is 1. The lowest BCUT2D eigenvalue weighted by Crippen LogP contribution is -2.26. The minimum Gasteiger partial charge on any atom is -0.324 e. The van der Waals surface area contributed by atoms with Crippen molar-refractivity contribution < 1.29 is 13.6 Å². The van der Waals surface area contributed by atoms with Gasteiger partial charge in [-0.2, -0.15) is 5.26 Å². The highest BCUT2D eigenvalue weighted by molar-refractivity contribution is 8.01. The number of hydrogen-bond donors (Lipinski definition) is 1. The van der Waals surface area contributed by atoms with Crippen LogP contribution in [0, 0.1) is 11.3 Å². The second-order valence-corrected chi connectivity index (χ2v) is 6.62. The topological polar surface area (TPSA) is 74.9 Å². The van der Waals surface area contributed by atoms with Crippen LogP contribution in [0.1, 0.15) is 6.42 Å². The van der Waals surface area contributed by atoms with Crippen LogP contribution < -0.4 is 10.9 Å². The first-order valence-corrected chi connectivity index (χ1v) is 7.77. The number of nitrogens with zero attached hydrogens (tertiary/aromatic N) is 2. The van der Waals surface area contributed by atoms with Crippen LogP contribution in [0.3, 0.4) is 0 Å². The zero-order valence-electron chi connectivity index (χ0n) is 11.2. The molecule has 1 aromatic rings. The lowest BCUT2D eigenvalue weighted by molar-refractivity contribution is -0.115. The Hall–Kier alpha value is -1.59. The van der Waals surface area contributed by atoms with Crippen molar-refractivity contribution in [2.24, 2.45) is 0 Å². The molecule has 1 fully saturated rings. The first kappa shape index (κ1) is 16.8. The lowest BCUT2D eigenvalue weighted by Gasteiger charge is -2.12. The molecule has 9 heteroatoms. The zero-order valence-corrected chi connectivity index (χ0v) is 12.8. The van der Waals surface area contributed by atoms with Crippen LogP contribution >= 0.6 is 23.4 Å². The van der Waals surface area contributed by atoms with Crippen LogP contribution in [0.4, 0.5) is 14.5 Å². The predicted octanol–water partition coefficient (Wildman–Crippen LogP) is 2.06. The molecule has 0 aromatic carbocycles. The molecule has 1 amide bonds. The molecule has 0 bridgehead atoms. The highest BCUT2D eigenvalue weighted by Crippen LogP contribution is 2.37. The van der Waals surface area contributed by atoms with Gasteiger partial charge in [-0.1, -0.05) is 0 Å². The average molecular weight is 348 g/mol. The highest BCUT2D eigenvalue weighted by Gasteiger charge is 2.37. The molecule has 3 unspecified atom stereocenters. The third-order valence-corrected chi connectivity index (χ3v) is 5.13. The normalized spacial score (nSPS) is 24.2. The minimum atomic E-state index is -2.66. The van der Waals surface area contributed by atoms with E-state index < -0.39 is 34.4 Å². The number of aromatic nitrogens is 1. The molecule has 22 heavy (non-hydrogen) atoms. The summed E-state index contributed by atoms with van der Waals surface area (Å²) in [4.78, 5) is 23.5. The van der Waals surface area contributed by atoms with Gasteiger partial charge in [-0.3, -0.25) is 9.59 Å². The molecule has 1 aromatic heterocycles. The number of hydrogen-bond acceptors (Lipinski definition) is 4. The Morgan fingerprint density at radius 3 is 2.91 bits per heavy atom. The van der Waals surface area contributed by atoms with E-state index in [4.69, 9.17) is 16.9 Å². The molecule has 118 valence electrons. The van der Waals surface area contributed by atoms with Crippen LogP contribution in [0.5, 0.6) is 0 Å². The van der Waals surface area contributed by atoms with Crippen LogP contribution in [0.15, 0.2) is 23.1 Å². The number of thioether (sulfide) groups is 1. The summed E-state index contributed by atoms with van der Waals surface area (Å²) in [6, 6.07) is 4.49. The number of carbonyl (C=O) groups is 1. The molecule has 5 nitrogen and oxygen atoms in total. The smallest absolute Gasteiger partial charge is 0.256 e. The standard InChI is InChI=1S/C13H12ClF2N3O2S/c14-8-3-9(22-10(8)4-17)13(21)18-7-1-2-12(20)19(5-7)6-11(15)16/h1-2,5,8-11H,3,6H2,(H,18,21). The third-order valence-electron chi connectivity index (χ3n) is 3.08. The van der Waals surface area contributed by atoms with Crippen molar-refractivity contribution in [2.75, 3.05) is 5.32 Å². The summed E-state index contributed by atoms with van der Waals surface area (Å²) in [5, 5.41) is 10.1. The average Bonchev–Trinajstić information content (AvgIpc) is 2.83. The molecule has 1 aliphatic rings. The van der Waals surface area contributed by atoms with Gasteiger partial charge in [0.25, 0.3) is 12.0 Å². The Kier molecular flexibility index (Phi) is 5.42. The van der Waals surface area contributed by atoms with Crippen molar-refractivity contribution >= 4 is 35.0 Å². The summed E-state index contributed by atoms with van der Waals surface area (Å²) in [7, 11) is 0. The number of carbonyl (C=O) groups excluding carboxylic acids is 1. The van der Waals surface area contributed by atoms with Gasteiger partial charge in [-0.25, -0.2) is 8.78 Å². The second kappa shape index (κ2) is 7.11. The van der Waals surface area contributed by atoms with E-state index in [9.17, 15) is 18.4 Å². The van der Waals surface area contributed by atoms with Crippen molar-refractivity contribution in [1.29, 1.82) is 5.26 Å². The van der Waals surface area contributed by atoms with E-state index in [1.807, 2.05) is 6.07 Å². The maximum Gasteiger partial charge on any atom is 0.256 e. The quantitative estimate of drug-likeness (QED) is 0.846. The first-order chi connectivity index (χ1) is 10.4. The van der Waals surface area contributed by atoms with Gasteiger partial charge in [-0.15, -0.1) is 23.4 Å². The Bertz CT molecular complexity index is 661. The summed E-state index contributed by atoms with van der Waals surface area (Å²) in [6.07, 6.45) is -1.14. The molecule has 0 aliphatic carbocycles. The fourth-order valence-electron chi connectivity index (χ4n) is 2.05. The van der Waals surface area contributed by atoms with Gasteiger partial charge >= 0.3 is 0 Å². The Morgan fingerprint density at radius 2 is 2.32 bits per heavy atom. The first-order valence-electron chi connectivity index (χ1n) is 6.39. The molecule has 2 rings (SSSR count). The molecular weight excluding hydrogens is 336 g/mol. The van der Waals surface area contributed by atoms with Crippen molar-refractivity contribution in [3.05, 3.63) is 28.7 Å². The van der Waals surface area contributed by atoms with Crippen LogP contribution in [-0.2, 0) is 11.3 Å². The van der Waals surface area contributed by atoms with Gasteiger partial charge in [0.1, 0.15) is 5.25 Å². The van der Waals surface area contributed by atoms with Gasteiger partial charge < -0.3 is 9.88 Å². The monoisotopic (exact) mass is 347 g/mol. The fraction of sp³-hybridized carbons (Fsp3) is 0.462. The molecular formula is C13H12ClF2N3O2S. The summed E-state index contributed by atoms with van der Waals surface area (Å²) < 4.78 is 25.6. The summed E-state index contributed by atoms with van der Waals surface area (Å²) in [5.74, 6) is -0.365. The van der Waals surface area contributed by atoms with E-state index in [-0.39, 0.29) is 11.6 Å². The van der Waals surface area contributed by atoms with E-state index in [1.54, 1.807) is 0 Å². The Morgan fingerprint density at radius 1 is 1.59 bits per heavy atom. The Labute approximate surface area is 134 Å². The predicted molar refractivity (Wildman–Crippen MR) is 80.4 cm³/mol. The van der Waals surface area contributed by atoms with Crippen molar-refractivity contribution in [1.82, 2.24) is 4.57 Å². The molecule has 1 saturated heterocycles. The van der Waals surface area contributed by atoms with Crippen LogP contribution in [0.2, 0.25) is 0 Å². The highest BCUT2D eigenvalue weighted by atomic mass is 35.5. The number of pyridine rings is 1. The van der Waals surface area contributed by atoms with Gasteiger partial charge in [0, 0.05) is 12.3 Å². The van der Waals surface area contributed by atoms with Crippen molar-refractivity contribution in [2.45, 2.75) is 35.3 Å². The lowest BCUT2D eigenvalue weighted by atomic mass is 10.2. The van der Waals surface area contributed by atoms with Gasteiger partial charge in [0.2, 0.25) is 5.91 Å². The molecule has 0 radical (unpaired) electrons. The number of alkyl halides is 3. The van der Waals surface area contributed by atoms with Gasteiger partial charge in [0.15, 0.2) is 0 Å². The number of halogens is 3. The third kappa shape index (κ3) is 3.99. The molecule has 2 heterocycles. The summed E-state index contributed by atoms with van der Waals surface area (Å²) >= 11 is 7.14. The van der Waals surface area contributed by atoms with Crippen LogP contribution in [0.25, 0.3) is 0 Å². The number of rotatable bonds is 4. The molecule has 1 aliphatic heterocycles. The minimum absolute atomic E-state index is 0.248. The fourth-order valence-corrected chi connectivity index (χ4v) is 3.76. The second-order valence-electron chi connectivity index (χ2n) is 4.71. The molecule has 1 N–H and O–H groups in total.